The molecule has 3 aliphatic carbocycles. The standard InChI is InChI=1S/C23H24N2O8/c1-3-4-9-5-6-13(26)15-11(9)7-10-8-12-17(25-33-2)19(28)16(22(24)31)21(30)23(12,32)20(29)14(10)18(15)27/h5-6,10,12,26-28,32H,3-4,7-8H2,1-2H3,(H2,24,31)/b25-17-/t10-,12-,23-/m0/s1. The fourth-order valence-electron chi connectivity index (χ4n) is 5.26. The number of benzene rings is 1. The van der Waals surface area contributed by atoms with Crippen molar-refractivity contribution in [2.75, 3.05) is 7.11 Å². The summed E-state index contributed by atoms with van der Waals surface area (Å²) in [6.45, 7) is 1.99. The van der Waals surface area contributed by atoms with Gasteiger partial charge in [0, 0.05) is 5.57 Å². The van der Waals surface area contributed by atoms with Crippen molar-refractivity contribution < 1.29 is 39.6 Å². The molecule has 10 nitrogen and oxygen atoms in total. The van der Waals surface area contributed by atoms with E-state index in [-0.39, 0.29) is 35.4 Å². The SMILES string of the molecule is CCCc1ccc(O)c2c1C[C@H]1C[C@H]3/C(=N/OC)C(O)=C(C(N)=O)C(=O)[C@@]3(O)C(=O)C1=C2O. The van der Waals surface area contributed by atoms with Gasteiger partial charge in [-0.1, -0.05) is 24.6 Å². The number of aromatic hydroxyl groups is 1. The van der Waals surface area contributed by atoms with E-state index in [4.69, 9.17) is 10.6 Å². The number of Topliss-reactive ketones (excluding diaryl/α,β-unsaturated/α-hetero) is 2. The third kappa shape index (κ3) is 2.97. The van der Waals surface area contributed by atoms with Gasteiger partial charge in [-0.2, -0.15) is 0 Å². The van der Waals surface area contributed by atoms with Crippen LogP contribution in [0.4, 0.5) is 0 Å². The Kier molecular flexibility index (Phi) is 5.28. The number of carbonyl (C=O) groups is 3. The first kappa shape index (κ1) is 22.5. The zero-order valence-electron chi connectivity index (χ0n) is 18.1. The van der Waals surface area contributed by atoms with E-state index in [9.17, 15) is 34.8 Å². The summed E-state index contributed by atoms with van der Waals surface area (Å²) < 4.78 is 0. The summed E-state index contributed by atoms with van der Waals surface area (Å²) in [5, 5.41) is 47.1. The molecule has 0 unspecified atom stereocenters. The van der Waals surface area contributed by atoms with Crippen molar-refractivity contribution in [1.82, 2.24) is 0 Å². The number of carbonyl (C=O) groups excluding carboxylic acids is 3. The first-order valence-corrected chi connectivity index (χ1v) is 10.5. The third-order valence-electron chi connectivity index (χ3n) is 6.69. The second-order valence-corrected chi connectivity index (χ2v) is 8.47. The molecule has 3 atom stereocenters. The van der Waals surface area contributed by atoms with Crippen LogP contribution in [0.5, 0.6) is 5.75 Å². The molecule has 6 N–H and O–H groups in total. The van der Waals surface area contributed by atoms with Crippen LogP contribution in [0.25, 0.3) is 5.76 Å². The number of aliphatic hydroxyl groups excluding tert-OH is 2. The molecule has 1 saturated carbocycles. The van der Waals surface area contributed by atoms with Crippen LogP contribution in [0.15, 0.2) is 34.2 Å². The van der Waals surface area contributed by atoms with Crippen molar-refractivity contribution in [2.24, 2.45) is 22.7 Å². The Labute approximate surface area is 188 Å². The lowest BCUT2D eigenvalue weighted by Crippen LogP contribution is -2.64. The largest absolute Gasteiger partial charge is 0.507 e. The fraction of sp³-hybridized carbons (Fsp3) is 0.391. The van der Waals surface area contributed by atoms with Crippen LogP contribution >= 0.6 is 0 Å². The highest BCUT2D eigenvalue weighted by Crippen LogP contribution is 2.51. The van der Waals surface area contributed by atoms with Gasteiger partial charge >= 0.3 is 0 Å². The van der Waals surface area contributed by atoms with Gasteiger partial charge in [-0.15, -0.1) is 0 Å². The highest BCUT2D eigenvalue weighted by molar-refractivity contribution is 6.38. The van der Waals surface area contributed by atoms with Gasteiger partial charge in [-0.25, -0.2) is 0 Å². The topological polar surface area (TPSA) is 180 Å². The second kappa shape index (κ2) is 7.73. The molecule has 0 saturated heterocycles. The summed E-state index contributed by atoms with van der Waals surface area (Å²) >= 11 is 0. The number of nitrogens with zero attached hydrogens (tertiary/aromatic N) is 1. The number of amides is 1. The molecule has 4 rings (SSSR count). The van der Waals surface area contributed by atoms with Crippen LogP contribution in [0, 0.1) is 11.8 Å². The summed E-state index contributed by atoms with van der Waals surface area (Å²) in [5.41, 5.74) is 2.51. The molecule has 0 spiro atoms. The highest BCUT2D eigenvalue weighted by atomic mass is 16.6. The van der Waals surface area contributed by atoms with Gasteiger partial charge in [-0.3, -0.25) is 14.4 Å². The van der Waals surface area contributed by atoms with Crippen LogP contribution in [-0.4, -0.2) is 56.3 Å². The molecule has 33 heavy (non-hydrogen) atoms. The molecule has 174 valence electrons. The first-order chi connectivity index (χ1) is 15.6. The molecule has 0 aliphatic heterocycles. The number of aliphatic hydroxyl groups is 3. The molecule has 3 aliphatic rings. The lowest BCUT2D eigenvalue weighted by Gasteiger charge is -2.45. The number of oxime groups is 1. The zero-order valence-corrected chi connectivity index (χ0v) is 18.1. The number of rotatable bonds is 4. The fourth-order valence-corrected chi connectivity index (χ4v) is 5.26. The molecule has 10 heteroatoms. The van der Waals surface area contributed by atoms with Gasteiger partial charge < -0.3 is 31.0 Å². The van der Waals surface area contributed by atoms with E-state index in [2.05, 4.69) is 5.16 Å². The number of aryl methyl sites for hydroxylation is 1. The Morgan fingerprint density at radius 1 is 1.21 bits per heavy atom. The van der Waals surface area contributed by atoms with Crippen molar-refractivity contribution in [3.05, 3.63) is 45.7 Å². The average Bonchev–Trinajstić information content (AvgIpc) is 2.75. The number of phenolic OH excluding ortho intramolecular Hbond substituents is 1. The van der Waals surface area contributed by atoms with Gasteiger partial charge in [0.25, 0.3) is 5.91 Å². The number of phenols is 1. The maximum Gasteiger partial charge on any atom is 0.256 e. The Morgan fingerprint density at radius 2 is 1.91 bits per heavy atom. The smallest absolute Gasteiger partial charge is 0.256 e. The molecule has 1 aromatic carbocycles. The van der Waals surface area contributed by atoms with Gasteiger partial charge in [-0.05, 0) is 42.4 Å². The molecular weight excluding hydrogens is 432 g/mol. The zero-order chi connectivity index (χ0) is 24.2. The lowest BCUT2D eigenvalue weighted by atomic mass is 9.58. The minimum atomic E-state index is -2.83. The van der Waals surface area contributed by atoms with E-state index in [1.54, 1.807) is 6.07 Å². The first-order valence-electron chi connectivity index (χ1n) is 10.5. The van der Waals surface area contributed by atoms with Crippen LogP contribution in [-0.2, 0) is 32.1 Å². The summed E-state index contributed by atoms with van der Waals surface area (Å²) in [6, 6.07) is 3.18. The van der Waals surface area contributed by atoms with Gasteiger partial charge in [0.15, 0.2) is 11.4 Å². The van der Waals surface area contributed by atoms with Crippen LogP contribution < -0.4 is 5.73 Å². The predicted octanol–water partition coefficient (Wildman–Crippen LogP) is 0.989. The lowest BCUT2D eigenvalue weighted by molar-refractivity contribution is -0.153. The van der Waals surface area contributed by atoms with Crippen LogP contribution in [0.3, 0.4) is 0 Å². The number of nitrogens with two attached hydrogens (primary N) is 1. The average molecular weight is 456 g/mol. The normalized spacial score (nSPS) is 27.9. The molecule has 0 bridgehead atoms. The minimum absolute atomic E-state index is 0.0632. The highest BCUT2D eigenvalue weighted by Gasteiger charge is 2.64. The van der Waals surface area contributed by atoms with Gasteiger partial charge in [0.05, 0.1) is 11.5 Å². The van der Waals surface area contributed by atoms with Crippen molar-refractivity contribution in [3.63, 3.8) is 0 Å². The summed E-state index contributed by atoms with van der Waals surface area (Å²) in [4.78, 5) is 43.3. The summed E-state index contributed by atoms with van der Waals surface area (Å²) in [5.74, 6) is -7.45. The van der Waals surface area contributed by atoms with Crippen LogP contribution in [0.1, 0.15) is 36.5 Å². The van der Waals surface area contributed by atoms with E-state index in [1.165, 1.54) is 6.07 Å². The van der Waals surface area contributed by atoms with Crippen molar-refractivity contribution in [1.29, 1.82) is 0 Å². The van der Waals surface area contributed by atoms with Crippen LogP contribution in [0.2, 0.25) is 0 Å². The molecular formula is C23H24N2O8. The maximum absolute atomic E-state index is 13.6. The number of fused-ring (bicyclic) bond motifs is 3. The minimum Gasteiger partial charge on any atom is -0.507 e. The van der Waals surface area contributed by atoms with Crippen molar-refractivity contribution in [2.45, 2.75) is 38.2 Å². The quantitative estimate of drug-likeness (QED) is 0.253. The molecule has 0 radical (unpaired) electrons. The molecule has 1 fully saturated rings. The Bertz CT molecular complexity index is 1200. The van der Waals surface area contributed by atoms with Gasteiger partial charge in [0.1, 0.15) is 29.9 Å². The maximum atomic E-state index is 13.6. The van der Waals surface area contributed by atoms with E-state index in [0.29, 0.717) is 12.0 Å². The molecule has 1 amide bonds. The van der Waals surface area contributed by atoms with E-state index in [1.807, 2.05) is 6.92 Å². The number of primary amides is 1. The predicted molar refractivity (Wildman–Crippen MR) is 115 cm³/mol. The van der Waals surface area contributed by atoms with E-state index < -0.39 is 52.0 Å². The molecule has 1 aromatic rings. The summed E-state index contributed by atoms with van der Waals surface area (Å²) in [6.07, 6.45) is 1.68. The Balaban J connectivity index is 1.96. The second-order valence-electron chi connectivity index (χ2n) is 8.47. The van der Waals surface area contributed by atoms with E-state index in [0.717, 1.165) is 19.1 Å². The van der Waals surface area contributed by atoms with Gasteiger partial charge in [0.2, 0.25) is 11.6 Å². The number of hydrogen-bond donors (Lipinski definition) is 5. The van der Waals surface area contributed by atoms with E-state index >= 15 is 0 Å². The monoisotopic (exact) mass is 456 g/mol. The Morgan fingerprint density at radius 3 is 2.52 bits per heavy atom. The number of ketones is 2. The molecule has 0 aromatic heterocycles. The molecule has 0 heterocycles. The third-order valence-corrected chi connectivity index (χ3v) is 6.69. The van der Waals surface area contributed by atoms with Crippen molar-refractivity contribution in [3.8, 4) is 5.75 Å². The Hall–Kier alpha value is -3.66. The number of hydrogen-bond acceptors (Lipinski definition) is 9. The van der Waals surface area contributed by atoms with Crippen molar-refractivity contribution >= 4 is 28.9 Å². The number of allylic oxidation sites excluding steroid dienone is 1. The summed E-state index contributed by atoms with van der Waals surface area (Å²) in [7, 11) is 1.16.